The number of allylic oxidation sites excluding steroid dienone is 1. The van der Waals surface area contributed by atoms with E-state index in [9.17, 15) is 0 Å². The minimum Gasteiger partial charge on any atom is -0.376 e. The molecule has 0 bridgehead atoms. The van der Waals surface area contributed by atoms with E-state index in [1.165, 1.54) is 96.3 Å². The zero-order chi connectivity index (χ0) is 18.4. The number of hydrogen-bond acceptors (Lipinski definition) is 3. The molecule has 0 fully saturated rings. The maximum atomic E-state index is 5.46. The molecule has 0 aromatic heterocycles. The second kappa shape index (κ2) is 21.5. The lowest BCUT2D eigenvalue weighted by molar-refractivity contribution is 0.512. The Morgan fingerprint density at radius 2 is 1.24 bits per heavy atom. The summed E-state index contributed by atoms with van der Waals surface area (Å²) in [6.45, 7) is 5.96. The van der Waals surface area contributed by atoms with Crippen molar-refractivity contribution in [2.75, 3.05) is 13.1 Å². The van der Waals surface area contributed by atoms with Crippen LogP contribution in [0, 0.1) is 0 Å². The summed E-state index contributed by atoms with van der Waals surface area (Å²) in [5.41, 5.74) is 5.46. The normalized spacial score (nSPS) is 12.8. The summed E-state index contributed by atoms with van der Waals surface area (Å²) in [5, 5.41) is 6.62. The van der Waals surface area contributed by atoms with Crippen LogP contribution < -0.4 is 16.4 Å². The molecule has 25 heavy (non-hydrogen) atoms. The summed E-state index contributed by atoms with van der Waals surface area (Å²) in [6, 6.07) is 0. The third-order valence-electron chi connectivity index (χ3n) is 4.78. The van der Waals surface area contributed by atoms with Crippen molar-refractivity contribution in [3.63, 3.8) is 0 Å². The Morgan fingerprint density at radius 3 is 1.72 bits per heavy atom. The van der Waals surface area contributed by atoms with E-state index in [4.69, 9.17) is 5.73 Å². The predicted molar refractivity (Wildman–Crippen MR) is 114 cm³/mol. The minimum atomic E-state index is 0.302. The molecule has 0 saturated carbocycles. The average Bonchev–Trinajstić information content (AvgIpc) is 2.62. The van der Waals surface area contributed by atoms with E-state index in [-0.39, 0.29) is 0 Å². The molecule has 150 valence electrons. The lowest BCUT2D eigenvalue weighted by atomic mass is 10.0. The highest BCUT2D eigenvalue weighted by Crippen LogP contribution is 2.13. The third kappa shape index (κ3) is 21.4. The van der Waals surface area contributed by atoms with Crippen molar-refractivity contribution in [1.82, 2.24) is 10.6 Å². The molecular weight excluding hydrogens is 306 g/mol. The topological polar surface area (TPSA) is 50.1 Å². The van der Waals surface area contributed by atoms with Gasteiger partial charge in [-0.1, -0.05) is 96.5 Å². The Hall–Kier alpha value is -0.540. The maximum absolute atomic E-state index is 5.46. The van der Waals surface area contributed by atoms with Gasteiger partial charge in [-0.25, -0.2) is 0 Å². The van der Waals surface area contributed by atoms with Crippen molar-refractivity contribution < 1.29 is 0 Å². The molecule has 0 saturated heterocycles. The number of rotatable bonds is 20. The first-order valence-corrected chi connectivity index (χ1v) is 11.2. The van der Waals surface area contributed by atoms with E-state index >= 15 is 0 Å². The molecule has 1 unspecified atom stereocenters. The van der Waals surface area contributed by atoms with Crippen LogP contribution >= 0.6 is 0 Å². The monoisotopic (exact) mass is 353 g/mol. The molecule has 0 spiro atoms. The summed E-state index contributed by atoms with van der Waals surface area (Å²) >= 11 is 0. The molecular formula is C22H47N3. The zero-order valence-corrected chi connectivity index (χ0v) is 17.3. The third-order valence-corrected chi connectivity index (χ3v) is 4.78. The number of nitrogens with one attached hydrogen (secondary N) is 2. The van der Waals surface area contributed by atoms with Gasteiger partial charge in [0.25, 0.3) is 0 Å². The van der Waals surface area contributed by atoms with E-state index < -0.39 is 0 Å². The average molecular weight is 354 g/mol. The second-order valence-electron chi connectivity index (χ2n) is 7.42. The van der Waals surface area contributed by atoms with Gasteiger partial charge < -0.3 is 11.1 Å². The van der Waals surface area contributed by atoms with E-state index in [1.54, 1.807) is 0 Å². The molecule has 0 amide bonds. The number of hydrogen-bond donors (Lipinski definition) is 3. The molecule has 0 aromatic rings. The van der Waals surface area contributed by atoms with Crippen LogP contribution in [0.5, 0.6) is 0 Å². The van der Waals surface area contributed by atoms with E-state index in [0.717, 1.165) is 6.54 Å². The van der Waals surface area contributed by atoms with Crippen LogP contribution in [0.1, 0.15) is 110 Å². The van der Waals surface area contributed by atoms with E-state index in [0.29, 0.717) is 12.7 Å². The Kier molecular flexibility index (Phi) is 21.0. The molecule has 3 nitrogen and oxygen atoms in total. The fourth-order valence-electron chi connectivity index (χ4n) is 3.11. The molecule has 1 atom stereocenters. The fourth-order valence-corrected chi connectivity index (χ4v) is 3.11. The van der Waals surface area contributed by atoms with E-state index in [1.807, 2.05) is 0 Å². The molecule has 0 rings (SSSR count). The van der Waals surface area contributed by atoms with Crippen molar-refractivity contribution in [2.24, 2.45) is 5.73 Å². The smallest absolute Gasteiger partial charge is 0.0734 e. The van der Waals surface area contributed by atoms with Crippen LogP contribution in [0.4, 0.5) is 0 Å². The Bertz CT molecular complexity index is 266. The molecule has 0 aliphatic carbocycles. The van der Waals surface area contributed by atoms with Crippen molar-refractivity contribution in [2.45, 2.75) is 116 Å². The quantitative estimate of drug-likeness (QED) is 0.190. The van der Waals surface area contributed by atoms with Gasteiger partial charge in [-0.05, 0) is 26.0 Å². The summed E-state index contributed by atoms with van der Waals surface area (Å²) in [5.74, 6) is 0. The van der Waals surface area contributed by atoms with Crippen molar-refractivity contribution in [3.8, 4) is 0 Å². The van der Waals surface area contributed by atoms with Gasteiger partial charge >= 0.3 is 0 Å². The first-order valence-electron chi connectivity index (χ1n) is 11.2. The predicted octanol–water partition coefficient (Wildman–Crippen LogP) is 5.86. The highest BCUT2D eigenvalue weighted by Gasteiger charge is 1.95. The number of nitrogens with two attached hydrogens (primary N) is 1. The van der Waals surface area contributed by atoms with Gasteiger partial charge in [0.15, 0.2) is 0 Å². The SMILES string of the molecule is CCCCCCCCCCCCCCCC/C=C/NC(C)NCCN. The summed E-state index contributed by atoms with van der Waals surface area (Å²) in [6.07, 6.45) is 25.8. The molecule has 0 aromatic carbocycles. The first-order chi connectivity index (χ1) is 12.3. The molecule has 0 heterocycles. The maximum Gasteiger partial charge on any atom is 0.0734 e. The molecule has 0 aliphatic rings. The van der Waals surface area contributed by atoms with Crippen LogP contribution in [-0.4, -0.2) is 19.3 Å². The Labute approximate surface area is 158 Å². The van der Waals surface area contributed by atoms with Gasteiger partial charge in [0.1, 0.15) is 0 Å². The van der Waals surface area contributed by atoms with Crippen molar-refractivity contribution >= 4 is 0 Å². The van der Waals surface area contributed by atoms with Gasteiger partial charge in [-0.3, -0.25) is 5.32 Å². The van der Waals surface area contributed by atoms with Crippen LogP contribution in [-0.2, 0) is 0 Å². The minimum absolute atomic E-state index is 0.302. The number of unbranched alkanes of at least 4 members (excludes halogenated alkanes) is 14. The Balaban J connectivity index is 3.11. The van der Waals surface area contributed by atoms with Gasteiger partial charge in [0, 0.05) is 13.1 Å². The lowest BCUT2D eigenvalue weighted by Gasteiger charge is -2.12. The zero-order valence-electron chi connectivity index (χ0n) is 17.3. The first kappa shape index (κ1) is 24.5. The lowest BCUT2D eigenvalue weighted by Crippen LogP contribution is -2.39. The van der Waals surface area contributed by atoms with Crippen molar-refractivity contribution in [3.05, 3.63) is 12.3 Å². The summed E-state index contributed by atoms with van der Waals surface area (Å²) in [4.78, 5) is 0. The highest BCUT2D eigenvalue weighted by molar-refractivity contribution is 4.81. The van der Waals surface area contributed by atoms with Gasteiger partial charge in [0.05, 0.1) is 6.17 Å². The van der Waals surface area contributed by atoms with Gasteiger partial charge in [-0.15, -0.1) is 0 Å². The fraction of sp³-hybridized carbons (Fsp3) is 0.909. The van der Waals surface area contributed by atoms with E-state index in [2.05, 4.69) is 36.8 Å². The summed E-state index contributed by atoms with van der Waals surface area (Å²) < 4.78 is 0. The highest BCUT2D eigenvalue weighted by atomic mass is 15.1. The molecule has 3 heteroatoms. The van der Waals surface area contributed by atoms with Gasteiger partial charge in [0.2, 0.25) is 0 Å². The summed E-state index contributed by atoms with van der Waals surface area (Å²) in [7, 11) is 0. The van der Waals surface area contributed by atoms with Crippen LogP contribution in [0.15, 0.2) is 12.3 Å². The molecule has 0 aliphatic heterocycles. The second-order valence-corrected chi connectivity index (χ2v) is 7.42. The largest absolute Gasteiger partial charge is 0.376 e. The van der Waals surface area contributed by atoms with Gasteiger partial charge in [-0.2, -0.15) is 0 Å². The standard InChI is InChI=1S/C22H47N3/c1-3-4-5-6-7-8-9-10-11-12-13-14-15-16-17-18-20-24-22(2)25-21-19-23/h18,20,22,24-25H,3-17,19,21,23H2,1-2H3/b20-18+. The van der Waals surface area contributed by atoms with Crippen LogP contribution in [0.2, 0.25) is 0 Å². The van der Waals surface area contributed by atoms with Crippen molar-refractivity contribution in [1.29, 1.82) is 0 Å². The molecule has 0 radical (unpaired) electrons. The molecule has 4 N–H and O–H groups in total. The van der Waals surface area contributed by atoms with Crippen LogP contribution in [0.3, 0.4) is 0 Å². The Morgan fingerprint density at radius 1 is 0.760 bits per heavy atom. The van der Waals surface area contributed by atoms with Crippen LogP contribution in [0.25, 0.3) is 0 Å².